The molecule has 1 aromatic carbocycles. The van der Waals surface area contributed by atoms with Gasteiger partial charge in [0.1, 0.15) is 6.04 Å². The van der Waals surface area contributed by atoms with Crippen LogP contribution in [0, 0.1) is 20.8 Å². The van der Waals surface area contributed by atoms with Gasteiger partial charge < -0.3 is 15.5 Å². The second kappa shape index (κ2) is 7.41. The van der Waals surface area contributed by atoms with Gasteiger partial charge in [0, 0.05) is 6.54 Å². The van der Waals surface area contributed by atoms with Gasteiger partial charge in [-0.1, -0.05) is 31.0 Å². The molecule has 4 heteroatoms. The molecule has 1 aromatic rings. The van der Waals surface area contributed by atoms with Gasteiger partial charge in [-0.25, -0.2) is 0 Å². The van der Waals surface area contributed by atoms with E-state index in [9.17, 15) is 9.90 Å². The molecule has 20 heavy (non-hydrogen) atoms. The number of aryl methyl sites for hydroxylation is 3. The Hall–Kier alpha value is -1.39. The normalized spacial score (nSPS) is 14.1. The molecule has 0 aliphatic heterocycles. The number of benzene rings is 1. The second-order valence-electron chi connectivity index (χ2n) is 5.42. The van der Waals surface area contributed by atoms with Crippen molar-refractivity contribution in [3.63, 3.8) is 0 Å². The average molecular weight is 279 g/mol. The zero-order valence-electron chi connectivity index (χ0n) is 12.7. The molecule has 1 rings (SSSR count). The number of nitrogens with one attached hydrogen (secondary N) is 1. The number of aliphatic hydroxyl groups excluding tert-OH is 1. The zero-order valence-corrected chi connectivity index (χ0v) is 12.7. The van der Waals surface area contributed by atoms with Crippen molar-refractivity contribution in [2.45, 2.75) is 52.7 Å². The molecule has 2 unspecified atom stereocenters. The van der Waals surface area contributed by atoms with Gasteiger partial charge in [0.2, 0.25) is 0 Å². The third kappa shape index (κ3) is 4.32. The quantitative estimate of drug-likeness (QED) is 0.717. The Morgan fingerprint density at radius 3 is 2.25 bits per heavy atom. The highest BCUT2D eigenvalue weighted by Crippen LogP contribution is 2.23. The third-order valence-electron chi connectivity index (χ3n) is 3.50. The molecule has 3 N–H and O–H groups in total. The van der Waals surface area contributed by atoms with Crippen molar-refractivity contribution in [3.05, 3.63) is 34.4 Å². The molecule has 0 fully saturated rings. The summed E-state index contributed by atoms with van der Waals surface area (Å²) in [5, 5.41) is 22.3. The Labute approximate surface area is 120 Å². The molecule has 4 nitrogen and oxygen atoms in total. The molecule has 2 atom stereocenters. The molecule has 0 heterocycles. The summed E-state index contributed by atoms with van der Waals surface area (Å²) in [5.41, 5.74) is 4.14. The van der Waals surface area contributed by atoms with Gasteiger partial charge in [-0.05, 0) is 43.9 Å². The molecule has 0 aliphatic rings. The highest BCUT2D eigenvalue weighted by molar-refractivity contribution is 5.73. The molecular weight excluding hydrogens is 254 g/mol. The summed E-state index contributed by atoms with van der Waals surface area (Å²) < 4.78 is 0. The zero-order chi connectivity index (χ0) is 15.3. The van der Waals surface area contributed by atoms with Gasteiger partial charge in [-0.2, -0.15) is 0 Å². The van der Waals surface area contributed by atoms with Crippen molar-refractivity contribution < 1.29 is 15.0 Å². The number of carboxylic acid groups (broad SMARTS) is 1. The lowest BCUT2D eigenvalue weighted by Crippen LogP contribution is -2.39. The number of carboxylic acids is 1. The van der Waals surface area contributed by atoms with Gasteiger partial charge in [0.05, 0.1) is 6.10 Å². The average Bonchev–Trinajstić information content (AvgIpc) is 2.32. The number of carbonyl (C=O) groups is 1. The van der Waals surface area contributed by atoms with Crippen LogP contribution in [0.3, 0.4) is 0 Å². The SMILES string of the molecule is CCCC(NCC(O)c1c(C)cc(C)cc1C)C(=O)O. The summed E-state index contributed by atoms with van der Waals surface area (Å²) >= 11 is 0. The van der Waals surface area contributed by atoms with E-state index in [1.807, 2.05) is 39.8 Å². The molecule has 0 aliphatic carbocycles. The summed E-state index contributed by atoms with van der Waals surface area (Å²) in [4.78, 5) is 11.1. The number of aliphatic hydroxyl groups is 1. The standard InChI is InChI=1S/C16H25NO3/c1-5-6-13(16(19)20)17-9-14(18)15-11(3)7-10(2)8-12(15)4/h7-8,13-14,17-18H,5-6,9H2,1-4H3,(H,19,20). The summed E-state index contributed by atoms with van der Waals surface area (Å²) in [6, 6.07) is 3.47. The van der Waals surface area contributed by atoms with Crippen LogP contribution in [0.1, 0.15) is 48.1 Å². The topological polar surface area (TPSA) is 69.6 Å². The van der Waals surface area contributed by atoms with E-state index in [1.54, 1.807) is 0 Å². The summed E-state index contributed by atoms with van der Waals surface area (Å²) in [7, 11) is 0. The van der Waals surface area contributed by atoms with Gasteiger partial charge >= 0.3 is 5.97 Å². The van der Waals surface area contributed by atoms with E-state index in [0.29, 0.717) is 6.42 Å². The van der Waals surface area contributed by atoms with Gasteiger partial charge in [0.25, 0.3) is 0 Å². The second-order valence-corrected chi connectivity index (χ2v) is 5.42. The predicted molar refractivity (Wildman–Crippen MR) is 79.9 cm³/mol. The van der Waals surface area contributed by atoms with Crippen molar-refractivity contribution in [3.8, 4) is 0 Å². The van der Waals surface area contributed by atoms with E-state index in [0.717, 1.165) is 23.1 Å². The fraction of sp³-hybridized carbons (Fsp3) is 0.562. The fourth-order valence-electron chi connectivity index (χ4n) is 2.67. The first-order valence-corrected chi connectivity index (χ1v) is 7.08. The van der Waals surface area contributed by atoms with Crippen LogP contribution in [-0.4, -0.2) is 28.8 Å². The van der Waals surface area contributed by atoms with Crippen LogP contribution in [0.25, 0.3) is 0 Å². The molecule has 0 saturated heterocycles. The van der Waals surface area contributed by atoms with Gasteiger partial charge in [0.15, 0.2) is 0 Å². The van der Waals surface area contributed by atoms with E-state index < -0.39 is 18.1 Å². The number of hydrogen-bond acceptors (Lipinski definition) is 3. The number of rotatable bonds is 7. The Bertz CT molecular complexity index is 448. The van der Waals surface area contributed by atoms with Gasteiger partial charge in [-0.15, -0.1) is 0 Å². The van der Waals surface area contributed by atoms with Crippen LogP contribution in [0.5, 0.6) is 0 Å². The monoisotopic (exact) mass is 279 g/mol. The first kappa shape index (κ1) is 16.7. The minimum atomic E-state index is -0.864. The van der Waals surface area contributed by atoms with E-state index in [2.05, 4.69) is 5.32 Å². The van der Waals surface area contributed by atoms with Crippen molar-refractivity contribution in [1.29, 1.82) is 0 Å². The van der Waals surface area contributed by atoms with Crippen LogP contribution in [-0.2, 0) is 4.79 Å². The Kier molecular flexibility index (Phi) is 6.17. The molecule has 0 saturated carbocycles. The molecule has 0 aromatic heterocycles. The smallest absolute Gasteiger partial charge is 0.320 e. The summed E-state index contributed by atoms with van der Waals surface area (Å²) in [6.45, 7) is 8.17. The largest absolute Gasteiger partial charge is 0.480 e. The maximum Gasteiger partial charge on any atom is 0.320 e. The predicted octanol–water partition coefficient (Wildman–Crippen LogP) is 2.49. The first-order chi connectivity index (χ1) is 9.36. The van der Waals surface area contributed by atoms with Crippen LogP contribution in [0.4, 0.5) is 0 Å². The van der Waals surface area contributed by atoms with Crippen LogP contribution in [0.2, 0.25) is 0 Å². The number of hydrogen-bond donors (Lipinski definition) is 3. The lowest BCUT2D eigenvalue weighted by Gasteiger charge is -2.20. The molecule has 112 valence electrons. The third-order valence-corrected chi connectivity index (χ3v) is 3.50. The highest BCUT2D eigenvalue weighted by atomic mass is 16.4. The lowest BCUT2D eigenvalue weighted by molar-refractivity contribution is -0.139. The minimum absolute atomic E-state index is 0.252. The Balaban J connectivity index is 2.76. The van der Waals surface area contributed by atoms with Crippen LogP contribution in [0.15, 0.2) is 12.1 Å². The van der Waals surface area contributed by atoms with E-state index in [4.69, 9.17) is 5.11 Å². The lowest BCUT2D eigenvalue weighted by atomic mass is 9.95. The number of aliphatic carboxylic acids is 1. The fourth-order valence-corrected chi connectivity index (χ4v) is 2.67. The van der Waals surface area contributed by atoms with Crippen molar-refractivity contribution in [1.82, 2.24) is 5.32 Å². The van der Waals surface area contributed by atoms with E-state index >= 15 is 0 Å². The molecule has 0 spiro atoms. The van der Waals surface area contributed by atoms with Crippen molar-refractivity contribution in [2.75, 3.05) is 6.54 Å². The Morgan fingerprint density at radius 2 is 1.80 bits per heavy atom. The van der Waals surface area contributed by atoms with Crippen LogP contribution < -0.4 is 5.32 Å². The van der Waals surface area contributed by atoms with Crippen molar-refractivity contribution in [2.24, 2.45) is 0 Å². The molecule has 0 radical (unpaired) electrons. The minimum Gasteiger partial charge on any atom is -0.480 e. The molecular formula is C16H25NO3. The maximum atomic E-state index is 11.1. The molecule has 0 bridgehead atoms. The van der Waals surface area contributed by atoms with E-state index in [-0.39, 0.29) is 6.54 Å². The van der Waals surface area contributed by atoms with Gasteiger partial charge in [-0.3, -0.25) is 4.79 Å². The summed E-state index contributed by atoms with van der Waals surface area (Å²) in [6.07, 6.45) is 0.672. The van der Waals surface area contributed by atoms with Crippen molar-refractivity contribution >= 4 is 5.97 Å². The Morgan fingerprint density at radius 1 is 1.25 bits per heavy atom. The maximum absolute atomic E-state index is 11.1. The first-order valence-electron chi connectivity index (χ1n) is 7.08. The van der Waals surface area contributed by atoms with Crippen LogP contribution >= 0.6 is 0 Å². The molecule has 0 amide bonds. The summed E-state index contributed by atoms with van der Waals surface area (Å²) in [5.74, 6) is -0.864. The highest BCUT2D eigenvalue weighted by Gasteiger charge is 2.19. The van der Waals surface area contributed by atoms with E-state index in [1.165, 1.54) is 5.56 Å².